The molecule has 2 unspecified atom stereocenters. The molecule has 0 saturated heterocycles. The van der Waals surface area contributed by atoms with E-state index in [0.29, 0.717) is 6.42 Å². The lowest BCUT2D eigenvalue weighted by molar-refractivity contribution is -0.123. The Morgan fingerprint density at radius 2 is 0.506 bits per heavy atom. The van der Waals surface area contributed by atoms with Gasteiger partial charge in [0, 0.05) is 6.42 Å². The standard InChI is InChI=1S/C79H149NO3/c1-3-5-7-9-11-13-15-17-19-21-23-25-27-29-31-33-35-37-38-39-40-41-42-43-45-47-49-51-53-55-57-59-61-63-65-67-69-71-73-75-79(83)80-77(76-81)78(82)74-72-70-68-66-64-62-60-58-56-54-52-50-48-46-44-36-34-32-30-28-26-24-22-20-18-16-14-12-10-8-6-4-2/h15,17,21,23,27,29,64,66,72,74,77-78,81-82H,3-14,16,18-20,22,24-26,28,30-63,65,67-71,73,75-76H2,1-2H3,(H,80,83)/b17-15-,23-21-,29-27-,66-64+,74-72+. The first-order chi connectivity index (χ1) is 41.2. The topological polar surface area (TPSA) is 69.6 Å². The molecule has 2 atom stereocenters. The maximum absolute atomic E-state index is 12.6. The molecule has 0 aliphatic rings. The zero-order valence-corrected chi connectivity index (χ0v) is 56.5. The molecule has 0 rings (SSSR count). The zero-order valence-electron chi connectivity index (χ0n) is 56.5. The number of hydrogen-bond acceptors (Lipinski definition) is 3. The van der Waals surface area contributed by atoms with Gasteiger partial charge in [-0.3, -0.25) is 4.79 Å². The van der Waals surface area contributed by atoms with Crippen LogP contribution in [-0.2, 0) is 4.79 Å². The molecule has 0 aliphatic heterocycles. The van der Waals surface area contributed by atoms with Crippen LogP contribution in [0.3, 0.4) is 0 Å². The van der Waals surface area contributed by atoms with E-state index in [1.54, 1.807) is 6.08 Å². The summed E-state index contributed by atoms with van der Waals surface area (Å²) in [6.07, 6.45) is 106. The summed E-state index contributed by atoms with van der Waals surface area (Å²) in [5.74, 6) is -0.0660. The fraction of sp³-hybridized carbons (Fsp3) is 0.861. The molecule has 0 aromatic rings. The number of unbranched alkanes of at least 4 members (excludes halogenated alkanes) is 56. The Kier molecular flexibility index (Phi) is 72.6. The number of aliphatic hydroxyl groups excluding tert-OH is 2. The van der Waals surface area contributed by atoms with Crippen molar-refractivity contribution < 1.29 is 15.0 Å². The van der Waals surface area contributed by atoms with Crippen LogP contribution in [-0.4, -0.2) is 34.9 Å². The van der Waals surface area contributed by atoms with Crippen molar-refractivity contribution in [1.29, 1.82) is 0 Å². The minimum atomic E-state index is -0.865. The molecule has 0 spiro atoms. The van der Waals surface area contributed by atoms with Gasteiger partial charge >= 0.3 is 0 Å². The van der Waals surface area contributed by atoms with Crippen LogP contribution < -0.4 is 5.32 Å². The number of hydrogen-bond donors (Lipinski definition) is 3. The lowest BCUT2D eigenvalue weighted by Crippen LogP contribution is -2.45. The smallest absolute Gasteiger partial charge is 0.220 e. The number of rotatable bonds is 71. The predicted molar refractivity (Wildman–Crippen MR) is 373 cm³/mol. The van der Waals surface area contributed by atoms with Gasteiger partial charge in [-0.15, -0.1) is 0 Å². The third-order valence-electron chi connectivity index (χ3n) is 17.7. The van der Waals surface area contributed by atoms with Crippen molar-refractivity contribution >= 4 is 5.91 Å². The maximum atomic E-state index is 12.6. The van der Waals surface area contributed by atoms with E-state index in [0.717, 1.165) is 44.9 Å². The molecule has 83 heavy (non-hydrogen) atoms. The highest BCUT2D eigenvalue weighted by Gasteiger charge is 2.18. The second-order valence-electron chi connectivity index (χ2n) is 26.1. The second kappa shape index (κ2) is 74.3. The van der Waals surface area contributed by atoms with Gasteiger partial charge in [0.2, 0.25) is 5.91 Å². The molecule has 4 heteroatoms. The van der Waals surface area contributed by atoms with Crippen molar-refractivity contribution in [2.24, 2.45) is 0 Å². The Balaban J connectivity index is 3.43. The van der Waals surface area contributed by atoms with Gasteiger partial charge in [0.1, 0.15) is 0 Å². The summed E-state index contributed by atoms with van der Waals surface area (Å²) in [5.41, 5.74) is 0. The Hall–Kier alpha value is -1.91. The van der Waals surface area contributed by atoms with E-state index < -0.39 is 12.1 Å². The molecule has 0 saturated carbocycles. The first kappa shape index (κ1) is 81.1. The normalized spacial score (nSPS) is 13.0. The number of allylic oxidation sites excluding steroid dienone is 9. The second-order valence-corrected chi connectivity index (χ2v) is 26.1. The molecule has 488 valence electrons. The van der Waals surface area contributed by atoms with Crippen molar-refractivity contribution in [1.82, 2.24) is 5.32 Å². The minimum absolute atomic E-state index is 0.0660. The fourth-order valence-corrected chi connectivity index (χ4v) is 12.0. The summed E-state index contributed by atoms with van der Waals surface area (Å²) < 4.78 is 0. The van der Waals surface area contributed by atoms with Gasteiger partial charge in [-0.2, -0.15) is 0 Å². The van der Waals surface area contributed by atoms with Crippen molar-refractivity contribution in [2.75, 3.05) is 6.61 Å². The lowest BCUT2D eigenvalue weighted by atomic mass is 10.0. The van der Waals surface area contributed by atoms with Gasteiger partial charge in [-0.05, 0) is 70.6 Å². The molecule has 4 nitrogen and oxygen atoms in total. The molecule has 3 N–H and O–H groups in total. The Morgan fingerprint density at radius 1 is 0.289 bits per heavy atom. The van der Waals surface area contributed by atoms with Crippen molar-refractivity contribution in [3.63, 3.8) is 0 Å². The van der Waals surface area contributed by atoms with Gasteiger partial charge in [-0.1, -0.05) is 402 Å². The number of carbonyl (C=O) groups excluding carboxylic acids is 1. The van der Waals surface area contributed by atoms with Crippen molar-refractivity contribution in [3.8, 4) is 0 Å². The van der Waals surface area contributed by atoms with E-state index in [-0.39, 0.29) is 12.5 Å². The number of aliphatic hydroxyl groups is 2. The Morgan fingerprint density at radius 3 is 0.783 bits per heavy atom. The molecule has 0 heterocycles. The fourth-order valence-electron chi connectivity index (χ4n) is 12.0. The average Bonchev–Trinajstić information content (AvgIpc) is 3.51. The number of nitrogens with one attached hydrogen (secondary N) is 1. The largest absolute Gasteiger partial charge is 0.394 e. The van der Waals surface area contributed by atoms with Crippen LogP contribution in [0, 0.1) is 0 Å². The Labute approximate surface area is 521 Å². The van der Waals surface area contributed by atoms with E-state index in [1.807, 2.05) is 6.08 Å². The van der Waals surface area contributed by atoms with Crippen LogP contribution in [0.25, 0.3) is 0 Å². The molecule has 0 fully saturated rings. The highest BCUT2D eigenvalue weighted by Crippen LogP contribution is 2.19. The average molecular weight is 1160 g/mol. The summed E-state index contributed by atoms with van der Waals surface area (Å²) in [6.45, 7) is 4.33. The molecule has 0 bridgehead atoms. The van der Waals surface area contributed by atoms with Gasteiger partial charge in [-0.25, -0.2) is 0 Å². The summed E-state index contributed by atoms with van der Waals surface area (Å²) in [7, 11) is 0. The molecule has 0 aromatic carbocycles. The highest BCUT2D eigenvalue weighted by molar-refractivity contribution is 5.76. The molecule has 0 radical (unpaired) electrons. The van der Waals surface area contributed by atoms with Crippen LogP contribution >= 0.6 is 0 Å². The maximum Gasteiger partial charge on any atom is 0.220 e. The van der Waals surface area contributed by atoms with E-state index in [9.17, 15) is 15.0 Å². The summed E-state index contributed by atoms with van der Waals surface area (Å²) in [5, 5.41) is 23.3. The third kappa shape index (κ3) is 70.7. The van der Waals surface area contributed by atoms with Gasteiger partial charge in [0.25, 0.3) is 0 Å². The third-order valence-corrected chi connectivity index (χ3v) is 17.7. The first-order valence-corrected chi connectivity index (χ1v) is 38.0. The predicted octanol–water partition coefficient (Wildman–Crippen LogP) is 26.2. The quantitative estimate of drug-likeness (QED) is 0.0420. The SMILES string of the molecule is CCCCCCC/C=C\C/C=C\C/C=C\CCCCCCCCCCCCCCCCCCCCCCCCCCC(=O)NC(CO)C(O)/C=C/CC/C=C/CCCCCCCCCCCCCCCCCCCCCCCCCCCC. The van der Waals surface area contributed by atoms with E-state index >= 15 is 0 Å². The number of amides is 1. The van der Waals surface area contributed by atoms with Gasteiger partial charge < -0.3 is 15.5 Å². The van der Waals surface area contributed by atoms with Crippen molar-refractivity contribution in [2.45, 2.75) is 431 Å². The van der Waals surface area contributed by atoms with E-state index in [1.165, 1.54) is 353 Å². The summed E-state index contributed by atoms with van der Waals surface area (Å²) >= 11 is 0. The van der Waals surface area contributed by atoms with Crippen LogP contribution in [0.5, 0.6) is 0 Å². The van der Waals surface area contributed by atoms with Crippen LogP contribution in [0.2, 0.25) is 0 Å². The van der Waals surface area contributed by atoms with Crippen LogP contribution in [0.1, 0.15) is 418 Å². The minimum Gasteiger partial charge on any atom is -0.394 e. The summed E-state index contributed by atoms with van der Waals surface area (Å²) in [4.78, 5) is 12.6. The summed E-state index contributed by atoms with van der Waals surface area (Å²) in [6, 6.07) is -0.641. The van der Waals surface area contributed by atoms with E-state index in [4.69, 9.17) is 0 Å². The number of carbonyl (C=O) groups is 1. The molecule has 0 aromatic heterocycles. The van der Waals surface area contributed by atoms with Crippen LogP contribution in [0.4, 0.5) is 0 Å². The van der Waals surface area contributed by atoms with Gasteiger partial charge in [0.05, 0.1) is 18.8 Å². The Bertz CT molecular complexity index is 1360. The van der Waals surface area contributed by atoms with Crippen molar-refractivity contribution in [3.05, 3.63) is 60.8 Å². The molecule has 0 aliphatic carbocycles. The zero-order chi connectivity index (χ0) is 59.8. The van der Waals surface area contributed by atoms with E-state index in [2.05, 4.69) is 67.8 Å². The molecule has 1 amide bonds. The molecular formula is C79H149NO3. The molecular weight excluding hydrogens is 1010 g/mol. The van der Waals surface area contributed by atoms with Crippen LogP contribution in [0.15, 0.2) is 60.8 Å². The first-order valence-electron chi connectivity index (χ1n) is 38.0. The highest BCUT2D eigenvalue weighted by atomic mass is 16.3. The lowest BCUT2D eigenvalue weighted by Gasteiger charge is -2.19. The monoisotopic (exact) mass is 1160 g/mol. The van der Waals surface area contributed by atoms with Gasteiger partial charge in [0.15, 0.2) is 0 Å².